The molecule has 1 aromatic carbocycles. The molecule has 3 heterocycles. The molecule has 0 saturated heterocycles. The van der Waals surface area contributed by atoms with Crippen LogP contribution in [0.25, 0.3) is 16.9 Å². The fourth-order valence-corrected chi connectivity index (χ4v) is 2.84. The van der Waals surface area contributed by atoms with Gasteiger partial charge in [0.05, 0.1) is 18.8 Å². The first-order chi connectivity index (χ1) is 14.7. The third-order valence-electron chi connectivity index (χ3n) is 4.17. The molecule has 12 nitrogen and oxygen atoms in total. The minimum absolute atomic E-state index is 0.0808. The number of hydrogen-bond donors (Lipinski definition) is 3. The number of benzene rings is 1. The van der Waals surface area contributed by atoms with Crippen LogP contribution < -0.4 is 10.6 Å². The number of carbonyl (C=O) groups excluding carboxylic acids is 1. The number of rotatable bonds is 4. The highest BCUT2D eigenvalue weighted by atomic mass is 35.5. The van der Waals surface area contributed by atoms with Gasteiger partial charge in [-0.25, -0.2) is 24.2 Å². The highest BCUT2D eigenvalue weighted by molar-refractivity contribution is 6.13. The molecule has 0 atom stereocenters. The maximum atomic E-state index is 11.4. The molecule has 0 fully saturated rings. The summed E-state index contributed by atoms with van der Waals surface area (Å²) in [6, 6.07) is 6.54. The Morgan fingerprint density at radius 1 is 1.29 bits per heavy atom. The summed E-state index contributed by atoms with van der Waals surface area (Å²) < 4.78 is 12.1. The molecule has 0 radical (unpaired) electrons. The zero-order valence-corrected chi connectivity index (χ0v) is 17.0. The number of esters is 1. The lowest BCUT2D eigenvalue weighted by atomic mass is 10.2. The van der Waals surface area contributed by atoms with Gasteiger partial charge < -0.3 is 19.4 Å². The SMILES string of the molecule is COC(=O)c1cc(C(=O)O)nc2nc(O)cn12.Cn1c(=O)oc2ccc(CNCl)cc21. The van der Waals surface area contributed by atoms with Crippen molar-refractivity contribution in [3.05, 3.63) is 58.0 Å². The number of hydrogen-bond acceptors (Lipinski definition) is 9. The Morgan fingerprint density at radius 3 is 2.68 bits per heavy atom. The van der Waals surface area contributed by atoms with Crippen molar-refractivity contribution in [1.29, 1.82) is 0 Å². The van der Waals surface area contributed by atoms with E-state index in [2.05, 4.69) is 19.5 Å². The van der Waals surface area contributed by atoms with Crippen LogP contribution in [0.3, 0.4) is 0 Å². The molecule has 0 spiro atoms. The summed E-state index contributed by atoms with van der Waals surface area (Å²) in [5.74, 6) is -2.87. The van der Waals surface area contributed by atoms with Crippen molar-refractivity contribution in [3.63, 3.8) is 0 Å². The summed E-state index contributed by atoms with van der Waals surface area (Å²) >= 11 is 5.39. The molecule has 13 heteroatoms. The van der Waals surface area contributed by atoms with Gasteiger partial charge in [-0.2, -0.15) is 4.98 Å². The number of imidazole rings is 1. The van der Waals surface area contributed by atoms with Gasteiger partial charge in [-0.1, -0.05) is 6.07 Å². The van der Waals surface area contributed by atoms with E-state index in [9.17, 15) is 19.5 Å². The molecular formula is C18H16ClN5O7. The lowest BCUT2D eigenvalue weighted by Gasteiger charge is -2.03. The first kappa shape index (κ1) is 21.8. The molecular weight excluding hydrogens is 434 g/mol. The standard InChI is InChI=1S/C9H9ClN2O2.C9H7N3O5/c1-12-7-4-6(5-11-10)2-3-8(7)14-9(12)13;1-17-8(16)5-2-4(7(14)15)10-9-11-6(13)3-12(5)9/h2-4,11H,5H2,1H3;2-3,13H,1H3,(H,14,15). The Morgan fingerprint density at radius 2 is 2.03 bits per heavy atom. The van der Waals surface area contributed by atoms with E-state index in [1.54, 1.807) is 13.1 Å². The normalized spacial score (nSPS) is 10.7. The number of nitrogens with one attached hydrogen (secondary N) is 1. The van der Waals surface area contributed by atoms with Gasteiger partial charge in [0.1, 0.15) is 5.69 Å². The monoisotopic (exact) mass is 449 g/mol. The first-order valence-electron chi connectivity index (χ1n) is 8.57. The Balaban J connectivity index is 0.000000179. The fourth-order valence-electron chi connectivity index (χ4n) is 2.68. The molecule has 0 unspecified atom stereocenters. The third-order valence-corrected chi connectivity index (χ3v) is 4.30. The second kappa shape index (κ2) is 8.85. The molecule has 31 heavy (non-hydrogen) atoms. The van der Waals surface area contributed by atoms with Gasteiger partial charge in [-0.3, -0.25) is 8.97 Å². The van der Waals surface area contributed by atoms with Crippen molar-refractivity contribution in [2.75, 3.05) is 7.11 Å². The van der Waals surface area contributed by atoms with Crippen LogP contribution in [0.5, 0.6) is 5.88 Å². The van der Waals surface area contributed by atoms with Crippen LogP contribution in [0.15, 0.2) is 39.7 Å². The highest BCUT2D eigenvalue weighted by Gasteiger charge is 2.18. The number of aryl methyl sites for hydroxylation is 1. The number of aromatic nitrogens is 4. The lowest BCUT2D eigenvalue weighted by molar-refractivity contribution is 0.0592. The molecule has 4 aromatic rings. The minimum atomic E-state index is -1.31. The topological polar surface area (TPSA) is 161 Å². The summed E-state index contributed by atoms with van der Waals surface area (Å²) in [6.07, 6.45) is 1.14. The second-order valence-corrected chi connectivity index (χ2v) is 6.40. The molecule has 0 aliphatic carbocycles. The van der Waals surface area contributed by atoms with E-state index in [0.29, 0.717) is 12.1 Å². The Hall–Kier alpha value is -3.90. The number of methoxy groups -OCH3 is 1. The zero-order valence-electron chi connectivity index (χ0n) is 16.2. The molecule has 0 amide bonds. The number of halogens is 1. The van der Waals surface area contributed by atoms with Crippen molar-refractivity contribution in [2.45, 2.75) is 6.54 Å². The van der Waals surface area contributed by atoms with E-state index in [-0.39, 0.29) is 28.8 Å². The van der Waals surface area contributed by atoms with Crippen LogP contribution in [-0.4, -0.2) is 48.2 Å². The fraction of sp³-hybridized carbons (Fsp3) is 0.167. The van der Waals surface area contributed by atoms with Gasteiger partial charge in [-0.15, -0.1) is 0 Å². The number of ether oxygens (including phenoxy) is 1. The van der Waals surface area contributed by atoms with Crippen LogP contribution >= 0.6 is 11.8 Å². The lowest BCUT2D eigenvalue weighted by Crippen LogP contribution is -2.12. The van der Waals surface area contributed by atoms with Crippen LogP contribution in [0.1, 0.15) is 26.5 Å². The summed E-state index contributed by atoms with van der Waals surface area (Å²) in [5.41, 5.74) is 1.94. The third kappa shape index (κ3) is 4.49. The number of oxazole rings is 1. The molecule has 0 saturated carbocycles. The number of nitrogens with zero attached hydrogens (tertiary/aromatic N) is 4. The van der Waals surface area contributed by atoms with Gasteiger partial charge in [0, 0.05) is 19.7 Å². The quantitative estimate of drug-likeness (QED) is 0.305. The van der Waals surface area contributed by atoms with E-state index in [1.165, 1.54) is 4.57 Å². The van der Waals surface area contributed by atoms with E-state index < -0.39 is 11.9 Å². The van der Waals surface area contributed by atoms with Crippen molar-refractivity contribution in [3.8, 4) is 5.88 Å². The summed E-state index contributed by atoms with van der Waals surface area (Å²) in [6.45, 7) is 0.552. The number of aromatic hydroxyl groups is 1. The molecule has 3 N–H and O–H groups in total. The highest BCUT2D eigenvalue weighted by Crippen LogP contribution is 2.15. The van der Waals surface area contributed by atoms with E-state index in [4.69, 9.17) is 21.3 Å². The number of aromatic carboxylic acids is 1. The van der Waals surface area contributed by atoms with Gasteiger partial charge in [-0.05, 0) is 29.5 Å². The summed E-state index contributed by atoms with van der Waals surface area (Å²) in [7, 11) is 2.83. The second-order valence-electron chi connectivity index (χ2n) is 6.13. The van der Waals surface area contributed by atoms with Crippen molar-refractivity contribution in [2.24, 2.45) is 7.05 Å². The smallest absolute Gasteiger partial charge is 0.419 e. The average molecular weight is 450 g/mol. The average Bonchev–Trinajstić information content (AvgIpc) is 3.26. The van der Waals surface area contributed by atoms with Gasteiger partial charge >= 0.3 is 17.7 Å². The molecule has 162 valence electrons. The van der Waals surface area contributed by atoms with Crippen molar-refractivity contribution in [1.82, 2.24) is 23.8 Å². The summed E-state index contributed by atoms with van der Waals surface area (Å²) in [4.78, 5) is 43.2. The molecule has 0 aliphatic rings. The van der Waals surface area contributed by atoms with Crippen molar-refractivity contribution >= 4 is 40.6 Å². The van der Waals surface area contributed by atoms with E-state index in [1.807, 2.05) is 12.1 Å². The maximum Gasteiger partial charge on any atom is 0.419 e. The van der Waals surface area contributed by atoms with Crippen LogP contribution in [0.4, 0.5) is 0 Å². The van der Waals surface area contributed by atoms with Crippen LogP contribution in [0, 0.1) is 0 Å². The Bertz CT molecular complexity index is 1340. The molecule has 4 rings (SSSR count). The minimum Gasteiger partial charge on any atom is -0.492 e. The van der Waals surface area contributed by atoms with Crippen LogP contribution in [0.2, 0.25) is 0 Å². The Kier molecular flexibility index (Phi) is 6.22. The predicted octanol–water partition coefficient (Wildman–Crippen LogP) is 1.29. The van der Waals surface area contributed by atoms with Gasteiger partial charge in [0.25, 0.3) is 0 Å². The zero-order chi connectivity index (χ0) is 22.7. The molecule has 0 bridgehead atoms. The maximum absolute atomic E-state index is 11.4. The molecule has 3 aromatic heterocycles. The van der Waals surface area contributed by atoms with E-state index in [0.717, 1.165) is 34.9 Å². The largest absolute Gasteiger partial charge is 0.492 e. The number of carboxylic acids is 1. The van der Waals surface area contributed by atoms with Gasteiger partial charge in [0.2, 0.25) is 11.7 Å². The van der Waals surface area contributed by atoms with Gasteiger partial charge in [0.15, 0.2) is 11.3 Å². The number of carboxylic acid groups (broad SMARTS) is 1. The predicted molar refractivity (Wildman–Crippen MR) is 107 cm³/mol. The molecule has 0 aliphatic heterocycles. The number of carbonyl (C=O) groups is 2. The van der Waals surface area contributed by atoms with Crippen molar-refractivity contribution < 1.29 is 29.0 Å². The first-order valence-corrected chi connectivity index (χ1v) is 8.95. The van der Waals surface area contributed by atoms with E-state index >= 15 is 0 Å². The Labute approximate surface area is 178 Å². The van der Waals surface area contributed by atoms with Crippen LogP contribution in [-0.2, 0) is 18.3 Å². The summed E-state index contributed by atoms with van der Waals surface area (Å²) in [5, 5.41) is 18.0. The number of fused-ring (bicyclic) bond motifs is 2.